The quantitative estimate of drug-likeness (QED) is 0.807. The molecular weight excluding hydrogens is 235 g/mol. The van der Waals surface area contributed by atoms with E-state index in [4.69, 9.17) is 0 Å². The summed E-state index contributed by atoms with van der Waals surface area (Å²) in [7, 11) is 1.77. The Morgan fingerprint density at radius 2 is 2.18 bits per heavy atom. The van der Waals surface area contributed by atoms with E-state index >= 15 is 0 Å². The largest absolute Gasteiger partial charge is 0.416 e. The van der Waals surface area contributed by atoms with Crippen LogP contribution in [0.2, 0.25) is 0 Å². The molecule has 2 rings (SSSR count). The summed E-state index contributed by atoms with van der Waals surface area (Å²) in [6.45, 7) is 0.743. The summed E-state index contributed by atoms with van der Waals surface area (Å²) in [6, 6.07) is 1.86. The highest BCUT2D eigenvalue weighted by atomic mass is 19.4. The highest BCUT2D eigenvalue weighted by Crippen LogP contribution is 2.31. The van der Waals surface area contributed by atoms with Crippen LogP contribution in [0.5, 0.6) is 0 Å². The first-order valence-corrected chi connectivity index (χ1v) is 5.04. The first-order chi connectivity index (χ1) is 7.88. The standard InChI is InChI=1S/C10H12F3N3O/c1-15-5-9(17)16(6-15)8-4-7(2-3-14-8)10(11,12)13/h2-4,9,17H,5-6H2,1H3. The smallest absolute Gasteiger partial charge is 0.372 e. The molecule has 7 heteroatoms. The number of pyridine rings is 1. The average molecular weight is 247 g/mol. The number of aromatic nitrogens is 1. The molecule has 1 atom stereocenters. The molecule has 2 heterocycles. The van der Waals surface area contributed by atoms with Gasteiger partial charge in [0.25, 0.3) is 0 Å². The van der Waals surface area contributed by atoms with Crippen LogP contribution >= 0.6 is 0 Å². The molecule has 1 saturated heterocycles. The predicted molar refractivity (Wildman–Crippen MR) is 55.2 cm³/mol. The van der Waals surface area contributed by atoms with Crippen LogP contribution in [0.25, 0.3) is 0 Å². The first kappa shape index (κ1) is 12.1. The zero-order valence-electron chi connectivity index (χ0n) is 9.15. The van der Waals surface area contributed by atoms with Gasteiger partial charge in [-0.05, 0) is 19.2 Å². The van der Waals surface area contributed by atoms with Crippen molar-refractivity contribution in [2.45, 2.75) is 12.4 Å². The lowest BCUT2D eigenvalue weighted by Gasteiger charge is -2.21. The Bertz CT molecular complexity index is 410. The van der Waals surface area contributed by atoms with E-state index in [1.165, 1.54) is 4.90 Å². The van der Waals surface area contributed by atoms with Gasteiger partial charge in [-0.25, -0.2) is 4.98 Å². The minimum Gasteiger partial charge on any atom is -0.372 e. The Balaban J connectivity index is 2.28. The molecule has 1 N–H and O–H groups in total. The van der Waals surface area contributed by atoms with Gasteiger partial charge in [-0.15, -0.1) is 0 Å². The van der Waals surface area contributed by atoms with Crippen molar-refractivity contribution >= 4 is 5.82 Å². The Kier molecular flexibility index (Phi) is 2.96. The van der Waals surface area contributed by atoms with Gasteiger partial charge < -0.3 is 10.0 Å². The van der Waals surface area contributed by atoms with Gasteiger partial charge >= 0.3 is 6.18 Å². The van der Waals surface area contributed by atoms with Gasteiger partial charge in [0.1, 0.15) is 12.0 Å². The van der Waals surface area contributed by atoms with Crippen LogP contribution in [0, 0.1) is 0 Å². The Labute approximate surface area is 96.3 Å². The van der Waals surface area contributed by atoms with Crippen LogP contribution in [0.4, 0.5) is 19.0 Å². The van der Waals surface area contributed by atoms with Gasteiger partial charge in [-0.1, -0.05) is 0 Å². The van der Waals surface area contributed by atoms with Crippen molar-refractivity contribution in [1.82, 2.24) is 9.88 Å². The van der Waals surface area contributed by atoms with Gasteiger partial charge in [0.05, 0.1) is 12.2 Å². The Morgan fingerprint density at radius 3 is 2.71 bits per heavy atom. The second-order valence-corrected chi connectivity index (χ2v) is 4.03. The number of β-amino-alcohol motifs (C(OH)–C–C–N with tert-alkyl or cyclic N) is 1. The van der Waals surface area contributed by atoms with Crippen molar-refractivity contribution in [2.24, 2.45) is 0 Å². The van der Waals surface area contributed by atoms with E-state index in [1.54, 1.807) is 11.9 Å². The molecule has 0 amide bonds. The number of aliphatic hydroxyl groups excluding tert-OH is 1. The van der Waals surface area contributed by atoms with Gasteiger partial charge in [-0.2, -0.15) is 13.2 Å². The van der Waals surface area contributed by atoms with E-state index in [0.717, 1.165) is 18.3 Å². The predicted octanol–water partition coefficient (Wildman–Crippen LogP) is 1.13. The number of anilines is 1. The number of rotatable bonds is 1. The second kappa shape index (κ2) is 4.15. The third-order valence-corrected chi connectivity index (χ3v) is 2.60. The highest BCUT2D eigenvalue weighted by molar-refractivity contribution is 5.43. The zero-order valence-corrected chi connectivity index (χ0v) is 9.15. The monoisotopic (exact) mass is 247 g/mol. The van der Waals surface area contributed by atoms with Crippen molar-refractivity contribution in [2.75, 3.05) is 25.2 Å². The van der Waals surface area contributed by atoms with E-state index in [0.29, 0.717) is 13.2 Å². The molecule has 0 bridgehead atoms. The number of nitrogens with zero attached hydrogens (tertiary/aromatic N) is 3. The number of hydrogen-bond acceptors (Lipinski definition) is 4. The van der Waals surface area contributed by atoms with Crippen molar-refractivity contribution in [3.8, 4) is 0 Å². The molecule has 1 aromatic heterocycles. The fourth-order valence-corrected chi connectivity index (χ4v) is 1.77. The van der Waals surface area contributed by atoms with Crippen LogP contribution < -0.4 is 4.90 Å². The summed E-state index contributed by atoms with van der Waals surface area (Å²) in [4.78, 5) is 7.08. The number of halogens is 3. The van der Waals surface area contributed by atoms with E-state index in [9.17, 15) is 18.3 Å². The topological polar surface area (TPSA) is 39.6 Å². The molecule has 1 unspecified atom stereocenters. The van der Waals surface area contributed by atoms with Crippen molar-refractivity contribution in [1.29, 1.82) is 0 Å². The molecule has 0 radical (unpaired) electrons. The molecule has 1 aliphatic rings. The molecule has 0 saturated carbocycles. The van der Waals surface area contributed by atoms with Crippen LogP contribution in [0.1, 0.15) is 5.56 Å². The minimum atomic E-state index is -4.39. The Morgan fingerprint density at radius 1 is 1.47 bits per heavy atom. The average Bonchev–Trinajstić information content (AvgIpc) is 2.57. The maximum atomic E-state index is 12.5. The van der Waals surface area contributed by atoms with Crippen LogP contribution in [-0.4, -0.2) is 41.5 Å². The summed E-state index contributed by atoms with van der Waals surface area (Å²) in [5.41, 5.74) is -0.760. The minimum absolute atomic E-state index is 0.136. The van der Waals surface area contributed by atoms with Crippen molar-refractivity contribution in [3.63, 3.8) is 0 Å². The summed E-state index contributed by atoms with van der Waals surface area (Å²) < 4.78 is 37.5. The molecular formula is C10H12F3N3O. The van der Waals surface area contributed by atoms with E-state index in [2.05, 4.69) is 4.98 Å². The van der Waals surface area contributed by atoms with E-state index in [1.807, 2.05) is 0 Å². The van der Waals surface area contributed by atoms with Gasteiger partial charge in [0, 0.05) is 12.7 Å². The number of aliphatic hydroxyl groups is 1. The lowest BCUT2D eigenvalue weighted by atomic mass is 10.2. The van der Waals surface area contributed by atoms with Crippen LogP contribution in [0.3, 0.4) is 0 Å². The second-order valence-electron chi connectivity index (χ2n) is 4.03. The molecule has 1 aliphatic heterocycles. The third-order valence-electron chi connectivity index (χ3n) is 2.60. The Hall–Kier alpha value is -1.34. The van der Waals surface area contributed by atoms with E-state index < -0.39 is 18.0 Å². The molecule has 0 aromatic carbocycles. The zero-order chi connectivity index (χ0) is 12.6. The number of hydrogen-bond donors (Lipinski definition) is 1. The molecule has 0 spiro atoms. The van der Waals surface area contributed by atoms with Gasteiger partial charge in [0.2, 0.25) is 0 Å². The fraction of sp³-hybridized carbons (Fsp3) is 0.500. The lowest BCUT2D eigenvalue weighted by Crippen LogP contribution is -2.31. The summed E-state index contributed by atoms with van der Waals surface area (Å²) >= 11 is 0. The van der Waals surface area contributed by atoms with Gasteiger partial charge in [0.15, 0.2) is 0 Å². The fourth-order valence-electron chi connectivity index (χ4n) is 1.77. The molecule has 4 nitrogen and oxygen atoms in total. The van der Waals surface area contributed by atoms with Crippen LogP contribution in [-0.2, 0) is 6.18 Å². The summed E-state index contributed by atoms with van der Waals surface area (Å²) in [5.74, 6) is 0.136. The summed E-state index contributed by atoms with van der Waals surface area (Å²) in [5, 5.41) is 9.67. The highest BCUT2D eigenvalue weighted by Gasteiger charge is 2.33. The van der Waals surface area contributed by atoms with Crippen molar-refractivity contribution in [3.05, 3.63) is 23.9 Å². The maximum Gasteiger partial charge on any atom is 0.416 e. The molecule has 1 fully saturated rings. The SMILES string of the molecule is CN1CC(O)N(c2cc(C(F)(F)F)ccn2)C1. The third kappa shape index (κ3) is 2.50. The first-order valence-electron chi connectivity index (χ1n) is 5.04. The summed E-state index contributed by atoms with van der Waals surface area (Å²) in [6.07, 6.45) is -4.12. The molecule has 17 heavy (non-hydrogen) atoms. The normalized spacial score (nSPS) is 22.2. The molecule has 1 aromatic rings. The molecule has 94 valence electrons. The lowest BCUT2D eigenvalue weighted by molar-refractivity contribution is -0.137. The maximum absolute atomic E-state index is 12.5. The molecule has 0 aliphatic carbocycles. The van der Waals surface area contributed by atoms with Crippen LogP contribution in [0.15, 0.2) is 18.3 Å². The van der Waals surface area contributed by atoms with Crippen molar-refractivity contribution < 1.29 is 18.3 Å². The number of alkyl halides is 3. The number of likely N-dealkylation sites (N-methyl/N-ethyl adjacent to an activating group) is 1. The van der Waals surface area contributed by atoms with Gasteiger partial charge in [-0.3, -0.25) is 4.90 Å². The van der Waals surface area contributed by atoms with E-state index in [-0.39, 0.29) is 5.82 Å².